The highest BCUT2D eigenvalue weighted by Crippen LogP contribution is 2.29. The number of thiophene rings is 1. The van der Waals surface area contributed by atoms with Crippen LogP contribution < -0.4 is 5.48 Å². The van der Waals surface area contributed by atoms with Crippen LogP contribution in [0.5, 0.6) is 0 Å². The van der Waals surface area contributed by atoms with Crippen molar-refractivity contribution < 1.29 is 4.84 Å². The molecule has 19 heavy (non-hydrogen) atoms. The van der Waals surface area contributed by atoms with Gasteiger partial charge in [0, 0.05) is 9.75 Å². The molecule has 2 aromatic rings. The molecule has 2 rings (SSSR count). The molecular formula is C16H21NOS. The van der Waals surface area contributed by atoms with E-state index in [1.165, 1.54) is 15.3 Å². The first-order valence-electron chi connectivity index (χ1n) is 6.53. The normalized spacial score (nSPS) is 11.7. The molecule has 3 heteroatoms. The summed E-state index contributed by atoms with van der Waals surface area (Å²) in [5.74, 6) is 0. The van der Waals surface area contributed by atoms with E-state index < -0.39 is 0 Å². The zero-order valence-corrected chi connectivity index (χ0v) is 12.6. The first-order valence-corrected chi connectivity index (χ1v) is 7.35. The Balaban J connectivity index is 1.76. The minimum atomic E-state index is 0.230. The molecule has 0 aliphatic carbocycles. The maximum atomic E-state index is 5.48. The van der Waals surface area contributed by atoms with Gasteiger partial charge in [0.15, 0.2) is 0 Å². The Morgan fingerprint density at radius 2 is 1.79 bits per heavy atom. The van der Waals surface area contributed by atoms with E-state index >= 15 is 0 Å². The van der Waals surface area contributed by atoms with Crippen LogP contribution in [0.1, 0.15) is 36.1 Å². The Morgan fingerprint density at radius 1 is 1.05 bits per heavy atom. The van der Waals surface area contributed by atoms with Crippen LogP contribution in [-0.2, 0) is 23.4 Å². The van der Waals surface area contributed by atoms with Crippen molar-refractivity contribution in [2.75, 3.05) is 0 Å². The maximum Gasteiger partial charge on any atom is 0.0933 e. The van der Waals surface area contributed by atoms with Crippen molar-refractivity contribution in [2.45, 2.75) is 39.3 Å². The van der Waals surface area contributed by atoms with Gasteiger partial charge in [-0.15, -0.1) is 11.3 Å². The Bertz CT molecular complexity index is 499. The molecule has 0 fully saturated rings. The van der Waals surface area contributed by atoms with Crippen molar-refractivity contribution >= 4 is 11.3 Å². The number of rotatable bonds is 5. The Labute approximate surface area is 119 Å². The number of hydrogen-bond donors (Lipinski definition) is 1. The van der Waals surface area contributed by atoms with E-state index in [-0.39, 0.29) is 5.41 Å². The Morgan fingerprint density at radius 3 is 2.42 bits per heavy atom. The molecule has 1 aromatic heterocycles. The topological polar surface area (TPSA) is 21.3 Å². The van der Waals surface area contributed by atoms with Crippen LogP contribution in [-0.4, -0.2) is 0 Å². The number of hydrogen-bond acceptors (Lipinski definition) is 3. The molecule has 0 aliphatic rings. The minimum Gasteiger partial charge on any atom is -0.297 e. The first kappa shape index (κ1) is 14.3. The van der Waals surface area contributed by atoms with E-state index in [1.54, 1.807) is 0 Å². The zero-order valence-electron chi connectivity index (χ0n) is 11.8. The average molecular weight is 275 g/mol. The number of hydroxylamine groups is 1. The lowest BCUT2D eigenvalue weighted by Gasteiger charge is -2.15. The predicted molar refractivity (Wildman–Crippen MR) is 81.1 cm³/mol. The number of benzene rings is 1. The first-order chi connectivity index (χ1) is 9.05. The molecule has 0 unspecified atom stereocenters. The molecule has 1 N–H and O–H groups in total. The summed E-state index contributed by atoms with van der Waals surface area (Å²) in [4.78, 5) is 8.19. The van der Waals surface area contributed by atoms with Crippen molar-refractivity contribution in [3.05, 3.63) is 57.8 Å². The molecule has 0 radical (unpaired) electrons. The summed E-state index contributed by atoms with van der Waals surface area (Å²) in [6.45, 7) is 8.07. The quantitative estimate of drug-likeness (QED) is 0.650. The van der Waals surface area contributed by atoms with Crippen molar-refractivity contribution in [1.82, 2.24) is 5.48 Å². The van der Waals surface area contributed by atoms with E-state index in [1.807, 2.05) is 29.5 Å². The lowest BCUT2D eigenvalue weighted by atomic mass is 9.95. The molecule has 0 saturated carbocycles. The monoisotopic (exact) mass is 275 g/mol. The fourth-order valence-electron chi connectivity index (χ4n) is 1.71. The van der Waals surface area contributed by atoms with Gasteiger partial charge in [0.2, 0.25) is 0 Å². The lowest BCUT2D eigenvalue weighted by molar-refractivity contribution is 0.0240. The van der Waals surface area contributed by atoms with Crippen molar-refractivity contribution in [3.8, 4) is 0 Å². The van der Waals surface area contributed by atoms with Gasteiger partial charge in [-0.3, -0.25) is 4.84 Å². The largest absolute Gasteiger partial charge is 0.297 e. The van der Waals surface area contributed by atoms with Gasteiger partial charge in [0.05, 0.1) is 13.2 Å². The summed E-state index contributed by atoms with van der Waals surface area (Å²) in [5.41, 5.74) is 4.43. The van der Waals surface area contributed by atoms with Crippen LogP contribution in [0.25, 0.3) is 0 Å². The fourth-order valence-corrected chi connectivity index (χ4v) is 2.70. The second-order valence-corrected chi connectivity index (χ2v) is 6.78. The van der Waals surface area contributed by atoms with E-state index in [0.717, 1.165) is 6.54 Å². The second kappa shape index (κ2) is 6.33. The molecule has 0 amide bonds. The third-order valence-corrected chi connectivity index (χ3v) is 4.34. The SMILES string of the molecule is CC(C)(C)c1ccc(CNOCc2ccccc2)s1. The van der Waals surface area contributed by atoms with E-state index in [9.17, 15) is 0 Å². The average Bonchev–Trinajstić information content (AvgIpc) is 2.85. The molecule has 0 saturated heterocycles. The van der Waals surface area contributed by atoms with E-state index in [0.29, 0.717) is 6.61 Å². The van der Waals surface area contributed by atoms with Gasteiger partial charge in [-0.1, -0.05) is 51.1 Å². The molecular weight excluding hydrogens is 254 g/mol. The third-order valence-electron chi connectivity index (χ3n) is 2.83. The van der Waals surface area contributed by atoms with Crippen LogP contribution in [0, 0.1) is 0 Å². The summed E-state index contributed by atoms with van der Waals surface area (Å²) in [5, 5.41) is 0. The summed E-state index contributed by atoms with van der Waals surface area (Å²) >= 11 is 1.84. The molecule has 0 spiro atoms. The molecule has 1 aromatic carbocycles. The smallest absolute Gasteiger partial charge is 0.0933 e. The van der Waals surface area contributed by atoms with E-state index in [2.05, 4.69) is 50.5 Å². The summed E-state index contributed by atoms with van der Waals surface area (Å²) in [6.07, 6.45) is 0. The van der Waals surface area contributed by atoms with Crippen molar-refractivity contribution in [2.24, 2.45) is 0 Å². The molecule has 0 aliphatic heterocycles. The van der Waals surface area contributed by atoms with Crippen LogP contribution in [0.3, 0.4) is 0 Å². The predicted octanol–water partition coefficient (Wildman–Crippen LogP) is 4.27. The minimum absolute atomic E-state index is 0.230. The zero-order chi connectivity index (χ0) is 13.7. The molecule has 1 heterocycles. The second-order valence-electron chi connectivity index (χ2n) is 5.61. The van der Waals surface area contributed by atoms with Crippen LogP contribution >= 0.6 is 11.3 Å². The van der Waals surface area contributed by atoms with Gasteiger partial charge in [-0.2, -0.15) is 5.48 Å². The standard InChI is InChI=1S/C16H21NOS/c1-16(2,3)15-10-9-14(19-15)11-17-18-12-13-7-5-4-6-8-13/h4-10,17H,11-12H2,1-3H3. The number of nitrogens with one attached hydrogen (secondary N) is 1. The molecule has 102 valence electrons. The van der Waals surface area contributed by atoms with Crippen molar-refractivity contribution in [1.29, 1.82) is 0 Å². The molecule has 0 atom stereocenters. The highest BCUT2D eigenvalue weighted by atomic mass is 32.1. The Kier molecular flexibility index (Phi) is 4.75. The highest BCUT2D eigenvalue weighted by Gasteiger charge is 2.15. The van der Waals surface area contributed by atoms with Gasteiger partial charge in [0.1, 0.15) is 0 Å². The van der Waals surface area contributed by atoms with Gasteiger partial charge < -0.3 is 0 Å². The molecule has 2 nitrogen and oxygen atoms in total. The highest BCUT2D eigenvalue weighted by molar-refractivity contribution is 7.12. The lowest BCUT2D eigenvalue weighted by Crippen LogP contribution is -2.13. The van der Waals surface area contributed by atoms with Gasteiger partial charge in [-0.25, -0.2) is 0 Å². The third kappa shape index (κ3) is 4.46. The summed E-state index contributed by atoms with van der Waals surface area (Å²) in [7, 11) is 0. The van der Waals surface area contributed by atoms with Crippen LogP contribution in [0.2, 0.25) is 0 Å². The van der Waals surface area contributed by atoms with Crippen molar-refractivity contribution in [3.63, 3.8) is 0 Å². The molecule has 0 bridgehead atoms. The van der Waals surface area contributed by atoms with E-state index in [4.69, 9.17) is 4.84 Å². The summed E-state index contributed by atoms with van der Waals surface area (Å²) < 4.78 is 0. The van der Waals surface area contributed by atoms with Gasteiger partial charge in [-0.05, 0) is 23.1 Å². The Hall–Kier alpha value is -1.16. The van der Waals surface area contributed by atoms with Gasteiger partial charge in [0.25, 0.3) is 0 Å². The summed E-state index contributed by atoms with van der Waals surface area (Å²) in [6, 6.07) is 14.6. The maximum absolute atomic E-state index is 5.48. The van der Waals surface area contributed by atoms with Gasteiger partial charge >= 0.3 is 0 Å². The van der Waals surface area contributed by atoms with Crippen LogP contribution in [0.4, 0.5) is 0 Å². The fraction of sp³-hybridized carbons (Fsp3) is 0.375. The van der Waals surface area contributed by atoms with Crippen LogP contribution in [0.15, 0.2) is 42.5 Å².